The van der Waals surface area contributed by atoms with Crippen molar-refractivity contribution in [1.29, 1.82) is 0 Å². The Bertz CT molecular complexity index is 545. The van der Waals surface area contributed by atoms with Gasteiger partial charge in [0.25, 0.3) is 5.91 Å². The lowest BCUT2D eigenvalue weighted by atomic mass is 10.2. The summed E-state index contributed by atoms with van der Waals surface area (Å²) in [7, 11) is 0. The van der Waals surface area contributed by atoms with Gasteiger partial charge in [-0.3, -0.25) is 4.79 Å². The van der Waals surface area contributed by atoms with Crippen molar-refractivity contribution in [3.63, 3.8) is 0 Å². The Morgan fingerprint density at radius 1 is 1.43 bits per heavy atom. The number of hydrogen-bond donors (Lipinski definition) is 1. The van der Waals surface area contributed by atoms with Crippen LogP contribution < -0.4 is 14.8 Å². The number of carbonyl (C=O) groups is 1. The molecule has 1 heterocycles. The first kappa shape index (κ1) is 15.7. The number of rotatable bonds is 6. The Kier molecular flexibility index (Phi) is 5.47. The topological polar surface area (TPSA) is 56.8 Å². The van der Waals surface area contributed by atoms with Gasteiger partial charge >= 0.3 is 0 Å². The molecule has 1 aliphatic rings. The summed E-state index contributed by atoms with van der Waals surface area (Å²) in [6, 6.07) is 3.20. The van der Waals surface area contributed by atoms with E-state index in [2.05, 4.69) is 11.9 Å². The largest absolute Gasteiger partial charge is 0.486 e. The van der Waals surface area contributed by atoms with Gasteiger partial charge in [-0.1, -0.05) is 23.8 Å². The molecule has 1 aromatic rings. The molecule has 0 saturated heterocycles. The van der Waals surface area contributed by atoms with E-state index in [-0.39, 0.29) is 5.91 Å². The lowest BCUT2D eigenvalue weighted by Crippen LogP contribution is -2.27. The number of halogens is 1. The number of amides is 1. The van der Waals surface area contributed by atoms with Gasteiger partial charge in [0.05, 0.1) is 18.2 Å². The number of ether oxygens (including phenoxy) is 3. The maximum absolute atomic E-state index is 12.0. The molecular weight excluding hydrogens is 294 g/mol. The molecule has 0 radical (unpaired) electrons. The predicted molar refractivity (Wildman–Crippen MR) is 80.4 cm³/mol. The summed E-state index contributed by atoms with van der Waals surface area (Å²) in [5.74, 6) is 0.759. The van der Waals surface area contributed by atoms with Gasteiger partial charge in [-0.15, -0.1) is 0 Å². The van der Waals surface area contributed by atoms with Gasteiger partial charge in [0.1, 0.15) is 13.2 Å². The van der Waals surface area contributed by atoms with Gasteiger partial charge in [0.15, 0.2) is 11.5 Å². The van der Waals surface area contributed by atoms with E-state index in [0.29, 0.717) is 55.1 Å². The fourth-order valence-electron chi connectivity index (χ4n) is 1.83. The second-order valence-corrected chi connectivity index (χ2v) is 5.16. The summed E-state index contributed by atoms with van der Waals surface area (Å²) in [5.41, 5.74) is 1.38. The highest BCUT2D eigenvalue weighted by molar-refractivity contribution is 6.32. The second-order valence-electron chi connectivity index (χ2n) is 4.75. The van der Waals surface area contributed by atoms with Crippen LogP contribution in [0.25, 0.3) is 0 Å². The molecule has 0 unspecified atom stereocenters. The molecule has 0 aliphatic carbocycles. The minimum Gasteiger partial charge on any atom is -0.486 e. The summed E-state index contributed by atoms with van der Waals surface area (Å²) in [4.78, 5) is 12.0. The highest BCUT2D eigenvalue weighted by Crippen LogP contribution is 2.38. The SMILES string of the molecule is C=C(C)COCCNC(=O)c1cc(Cl)c2c(c1)OCCO2. The van der Waals surface area contributed by atoms with Crippen LogP contribution in [0.3, 0.4) is 0 Å². The van der Waals surface area contributed by atoms with Crippen LogP contribution in [0.4, 0.5) is 0 Å². The molecule has 1 N–H and O–H groups in total. The Morgan fingerprint density at radius 2 is 2.19 bits per heavy atom. The average molecular weight is 312 g/mol. The molecule has 2 rings (SSSR count). The molecule has 5 nitrogen and oxygen atoms in total. The van der Waals surface area contributed by atoms with Crippen LogP contribution in [0.2, 0.25) is 5.02 Å². The van der Waals surface area contributed by atoms with Crippen molar-refractivity contribution in [2.75, 3.05) is 33.0 Å². The van der Waals surface area contributed by atoms with Gasteiger partial charge < -0.3 is 19.5 Å². The molecule has 0 aromatic heterocycles. The van der Waals surface area contributed by atoms with E-state index in [1.807, 2.05) is 6.92 Å². The molecule has 0 spiro atoms. The maximum atomic E-state index is 12.0. The van der Waals surface area contributed by atoms with Crippen LogP contribution in [-0.2, 0) is 4.74 Å². The third-order valence-corrected chi connectivity index (χ3v) is 3.02. The Morgan fingerprint density at radius 3 is 2.95 bits per heavy atom. The Hall–Kier alpha value is -1.72. The molecule has 0 bridgehead atoms. The van der Waals surface area contributed by atoms with Crippen molar-refractivity contribution in [3.05, 3.63) is 34.9 Å². The highest BCUT2D eigenvalue weighted by atomic mass is 35.5. The van der Waals surface area contributed by atoms with E-state index in [1.54, 1.807) is 12.1 Å². The van der Waals surface area contributed by atoms with Crippen LogP contribution in [0, 0.1) is 0 Å². The molecular formula is C15H18ClNO4. The number of hydrogen-bond acceptors (Lipinski definition) is 4. The zero-order valence-electron chi connectivity index (χ0n) is 11.9. The van der Waals surface area contributed by atoms with Gasteiger partial charge in [-0.05, 0) is 19.1 Å². The fourth-order valence-corrected chi connectivity index (χ4v) is 2.09. The minimum absolute atomic E-state index is 0.229. The van der Waals surface area contributed by atoms with E-state index in [0.717, 1.165) is 5.57 Å². The average Bonchev–Trinajstić information content (AvgIpc) is 2.46. The van der Waals surface area contributed by atoms with Gasteiger partial charge in [0, 0.05) is 12.1 Å². The van der Waals surface area contributed by atoms with E-state index in [9.17, 15) is 4.79 Å². The zero-order chi connectivity index (χ0) is 15.2. The molecule has 6 heteroatoms. The van der Waals surface area contributed by atoms with Gasteiger partial charge in [0.2, 0.25) is 0 Å². The normalized spacial score (nSPS) is 12.9. The first-order valence-electron chi connectivity index (χ1n) is 6.67. The quantitative estimate of drug-likeness (QED) is 0.647. The highest BCUT2D eigenvalue weighted by Gasteiger charge is 2.19. The molecule has 21 heavy (non-hydrogen) atoms. The van der Waals surface area contributed by atoms with Crippen molar-refractivity contribution < 1.29 is 19.0 Å². The third-order valence-electron chi connectivity index (χ3n) is 2.74. The first-order chi connectivity index (χ1) is 10.1. The molecule has 0 atom stereocenters. The second kappa shape index (κ2) is 7.33. The minimum atomic E-state index is -0.229. The number of fused-ring (bicyclic) bond motifs is 1. The monoisotopic (exact) mass is 311 g/mol. The van der Waals surface area contributed by atoms with Crippen LogP contribution >= 0.6 is 11.6 Å². The van der Waals surface area contributed by atoms with Crippen molar-refractivity contribution in [2.24, 2.45) is 0 Å². The first-order valence-corrected chi connectivity index (χ1v) is 7.05. The number of nitrogens with one attached hydrogen (secondary N) is 1. The maximum Gasteiger partial charge on any atom is 0.251 e. The van der Waals surface area contributed by atoms with Crippen molar-refractivity contribution in [1.82, 2.24) is 5.32 Å². The predicted octanol–water partition coefficient (Wildman–Crippen LogP) is 2.43. The van der Waals surface area contributed by atoms with Gasteiger partial charge in [-0.2, -0.15) is 0 Å². The van der Waals surface area contributed by atoms with Crippen LogP contribution in [-0.4, -0.2) is 38.9 Å². The molecule has 0 fully saturated rings. The van der Waals surface area contributed by atoms with E-state index < -0.39 is 0 Å². The Balaban J connectivity index is 1.90. The molecule has 1 aliphatic heterocycles. The number of carbonyl (C=O) groups excluding carboxylic acids is 1. The van der Waals surface area contributed by atoms with Gasteiger partial charge in [-0.25, -0.2) is 0 Å². The Labute approximate surface area is 128 Å². The van der Waals surface area contributed by atoms with Crippen LogP contribution in [0.5, 0.6) is 11.5 Å². The summed E-state index contributed by atoms with van der Waals surface area (Å²) in [6.07, 6.45) is 0. The van der Waals surface area contributed by atoms with E-state index >= 15 is 0 Å². The lowest BCUT2D eigenvalue weighted by molar-refractivity contribution is 0.0925. The summed E-state index contributed by atoms with van der Waals surface area (Å²) >= 11 is 6.09. The molecule has 0 saturated carbocycles. The molecule has 114 valence electrons. The van der Waals surface area contributed by atoms with E-state index in [1.165, 1.54) is 0 Å². The third kappa shape index (κ3) is 4.37. The standard InChI is InChI=1S/C15H18ClNO4/c1-10(2)9-19-4-3-17-15(18)11-7-12(16)14-13(8-11)20-5-6-21-14/h7-8H,1,3-6,9H2,2H3,(H,17,18). The summed E-state index contributed by atoms with van der Waals surface area (Å²) in [5, 5.41) is 3.13. The van der Waals surface area contributed by atoms with E-state index in [4.69, 9.17) is 25.8 Å². The molecule has 1 amide bonds. The smallest absolute Gasteiger partial charge is 0.251 e. The van der Waals surface area contributed by atoms with Crippen LogP contribution in [0.1, 0.15) is 17.3 Å². The lowest BCUT2D eigenvalue weighted by Gasteiger charge is -2.20. The zero-order valence-corrected chi connectivity index (χ0v) is 12.7. The summed E-state index contributed by atoms with van der Waals surface area (Å²) < 4.78 is 16.2. The van der Waals surface area contributed by atoms with Crippen LogP contribution in [0.15, 0.2) is 24.3 Å². The molecule has 1 aromatic carbocycles. The summed E-state index contributed by atoms with van der Waals surface area (Å²) in [6.45, 7) is 7.86. The van der Waals surface area contributed by atoms with Crippen molar-refractivity contribution >= 4 is 17.5 Å². The van der Waals surface area contributed by atoms with Crippen molar-refractivity contribution in [2.45, 2.75) is 6.92 Å². The van der Waals surface area contributed by atoms with Crippen molar-refractivity contribution in [3.8, 4) is 11.5 Å². The fraction of sp³-hybridized carbons (Fsp3) is 0.400. The number of benzene rings is 1.